The van der Waals surface area contributed by atoms with E-state index in [2.05, 4.69) is 4.98 Å². The van der Waals surface area contributed by atoms with Crippen molar-refractivity contribution >= 4 is 23.8 Å². The number of pyridine rings is 1. The predicted octanol–water partition coefficient (Wildman–Crippen LogP) is 5.54. The van der Waals surface area contributed by atoms with E-state index in [9.17, 15) is 14.7 Å². The standard InChI is InChI=1S/C32H28F2N4O9/c1-38(2)32(42)18-6-5-7-19(14-18)45-30-25(33)28(26(34)31(37-30)46-21-15-17(29(35)36)9-10-20(21)39)47-27-22(43-3)12-16(8-11-24(40)41)13-23(27)44-4/h5-15,39H,1-4H3,(H3,35,36)(H,40,41). The van der Waals surface area contributed by atoms with Gasteiger partial charge in [0.15, 0.2) is 23.0 Å². The van der Waals surface area contributed by atoms with Gasteiger partial charge in [-0.1, -0.05) is 6.07 Å². The number of aromatic hydroxyl groups is 1. The predicted molar refractivity (Wildman–Crippen MR) is 164 cm³/mol. The highest BCUT2D eigenvalue weighted by Gasteiger charge is 2.29. The van der Waals surface area contributed by atoms with Crippen LogP contribution >= 0.6 is 0 Å². The van der Waals surface area contributed by atoms with Crippen LogP contribution in [0, 0.1) is 17.0 Å². The van der Waals surface area contributed by atoms with Crippen LogP contribution in [0.1, 0.15) is 21.5 Å². The molecule has 0 fully saturated rings. The van der Waals surface area contributed by atoms with Crippen LogP contribution in [-0.2, 0) is 4.79 Å². The van der Waals surface area contributed by atoms with Gasteiger partial charge >= 0.3 is 5.97 Å². The molecule has 0 spiro atoms. The molecule has 0 aliphatic carbocycles. The van der Waals surface area contributed by atoms with E-state index in [1.165, 1.54) is 67.7 Å². The van der Waals surface area contributed by atoms with Gasteiger partial charge in [-0.25, -0.2) is 4.79 Å². The fourth-order valence-corrected chi connectivity index (χ4v) is 4.00. The number of carbonyl (C=O) groups excluding carboxylic acids is 1. The summed E-state index contributed by atoms with van der Waals surface area (Å²) in [5.41, 5.74) is 6.13. The van der Waals surface area contributed by atoms with E-state index in [1.807, 2.05) is 0 Å². The number of carboxylic acid groups (broad SMARTS) is 1. The van der Waals surface area contributed by atoms with E-state index in [0.717, 1.165) is 18.2 Å². The highest BCUT2D eigenvalue weighted by Crippen LogP contribution is 2.46. The van der Waals surface area contributed by atoms with Gasteiger partial charge in [-0.05, 0) is 60.2 Å². The lowest BCUT2D eigenvalue weighted by Gasteiger charge is -2.18. The Labute approximate surface area is 266 Å². The third-order valence-corrected chi connectivity index (χ3v) is 6.26. The molecule has 0 unspecified atom stereocenters. The molecule has 1 heterocycles. The van der Waals surface area contributed by atoms with Crippen LogP contribution in [0.3, 0.4) is 0 Å². The number of hydrogen-bond donors (Lipinski definition) is 4. The summed E-state index contributed by atoms with van der Waals surface area (Å²) in [7, 11) is 5.56. The molecule has 0 atom stereocenters. The zero-order valence-corrected chi connectivity index (χ0v) is 25.3. The number of nitrogen functional groups attached to an aromatic ring is 1. The Morgan fingerprint density at radius 1 is 0.872 bits per heavy atom. The maximum absolute atomic E-state index is 16.1. The molecule has 0 aliphatic rings. The monoisotopic (exact) mass is 650 g/mol. The first kappa shape index (κ1) is 33.5. The first-order valence-corrected chi connectivity index (χ1v) is 13.4. The van der Waals surface area contributed by atoms with Crippen molar-refractivity contribution in [2.75, 3.05) is 28.3 Å². The van der Waals surface area contributed by atoms with Crippen molar-refractivity contribution < 1.29 is 52.3 Å². The summed E-state index contributed by atoms with van der Waals surface area (Å²) >= 11 is 0. The minimum absolute atomic E-state index is 0.0567. The molecule has 1 aromatic heterocycles. The van der Waals surface area contributed by atoms with Crippen molar-refractivity contribution in [3.05, 3.63) is 89.0 Å². The van der Waals surface area contributed by atoms with Gasteiger partial charge in [0.2, 0.25) is 23.1 Å². The summed E-state index contributed by atoms with van der Waals surface area (Å²) in [5, 5.41) is 27.0. The number of hydrogen-bond acceptors (Lipinski definition) is 10. The van der Waals surface area contributed by atoms with Crippen molar-refractivity contribution in [3.8, 4) is 52.0 Å². The average Bonchev–Trinajstić information content (AvgIpc) is 3.04. The molecule has 15 heteroatoms. The summed E-state index contributed by atoms with van der Waals surface area (Å²) in [4.78, 5) is 28.7. The molecule has 0 radical (unpaired) electrons. The van der Waals surface area contributed by atoms with E-state index in [1.54, 1.807) is 14.1 Å². The minimum atomic E-state index is -1.49. The fraction of sp³-hybridized carbons (Fsp3) is 0.125. The molecule has 3 aromatic carbocycles. The number of nitrogens with one attached hydrogen (secondary N) is 1. The molecule has 0 bridgehead atoms. The Balaban J connectivity index is 1.89. The molecule has 5 N–H and O–H groups in total. The molecule has 0 saturated heterocycles. The maximum Gasteiger partial charge on any atom is 0.328 e. The fourth-order valence-electron chi connectivity index (χ4n) is 4.00. The summed E-state index contributed by atoms with van der Waals surface area (Å²) in [6.07, 6.45) is 2.10. The first-order valence-electron chi connectivity index (χ1n) is 13.4. The molecule has 1 amide bonds. The third kappa shape index (κ3) is 7.65. The normalized spacial score (nSPS) is 10.8. The van der Waals surface area contributed by atoms with Gasteiger partial charge in [0.1, 0.15) is 11.6 Å². The number of benzene rings is 3. The number of rotatable bonds is 12. The van der Waals surface area contributed by atoms with Crippen LogP contribution in [-0.4, -0.2) is 66.1 Å². The molecule has 4 aromatic rings. The summed E-state index contributed by atoms with van der Waals surface area (Å²) in [6, 6.07) is 12.0. The van der Waals surface area contributed by atoms with Crippen molar-refractivity contribution in [1.29, 1.82) is 5.41 Å². The Hall–Kier alpha value is -6.38. The molecule has 4 rings (SSSR count). The number of aliphatic carboxylic acids is 1. The number of ether oxygens (including phenoxy) is 5. The van der Waals surface area contributed by atoms with Crippen molar-refractivity contribution in [3.63, 3.8) is 0 Å². The van der Waals surface area contributed by atoms with Crippen LogP contribution in [0.5, 0.6) is 52.0 Å². The zero-order valence-electron chi connectivity index (χ0n) is 25.3. The minimum Gasteiger partial charge on any atom is -0.504 e. The number of halogens is 2. The van der Waals surface area contributed by atoms with Crippen molar-refractivity contribution in [2.45, 2.75) is 0 Å². The number of phenolic OH excluding ortho intramolecular Hbond substituents is 1. The van der Waals surface area contributed by atoms with Gasteiger partial charge < -0.3 is 44.5 Å². The maximum atomic E-state index is 16.1. The Bertz CT molecular complexity index is 1870. The molecule has 0 saturated carbocycles. The highest BCUT2D eigenvalue weighted by atomic mass is 19.1. The summed E-state index contributed by atoms with van der Waals surface area (Å²) < 4.78 is 59.7. The van der Waals surface area contributed by atoms with Gasteiger partial charge in [0, 0.05) is 31.3 Å². The van der Waals surface area contributed by atoms with Gasteiger partial charge in [-0.3, -0.25) is 10.2 Å². The number of aromatic nitrogens is 1. The lowest BCUT2D eigenvalue weighted by Crippen LogP contribution is -2.21. The average molecular weight is 651 g/mol. The molecule has 47 heavy (non-hydrogen) atoms. The lowest BCUT2D eigenvalue weighted by atomic mass is 10.1. The second kappa shape index (κ2) is 14.2. The third-order valence-electron chi connectivity index (χ3n) is 6.26. The number of carbonyl (C=O) groups is 2. The number of methoxy groups -OCH3 is 2. The lowest BCUT2D eigenvalue weighted by molar-refractivity contribution is -0.131. The smallest absolute Gasteiger partial charge is 0.328 e. The topological polar surface area (TPSA) is 187 Å². The van der Waals surface area contributed by atoms with E-state index < -0.39 is 46.6 Å². The Morgan fingerprint density at radius 3 is 2.09 bits per heavy atom. The van der Waals surface area contributed by atoms with Crippen LogP contribution in [0.2, 0.25) is 0 Å². The molecule has 0 aliphatic heterocycles. The molecular weight excluding hydrogens is 622 g/mol. The summed E-state index contributed by atoms with van der Waals surface area (Å²) in [6.45, 7) is 0. The number of phenols is 1. The SMILES string of the molecule is COc1cc(C=CC(=O)O)cc(OC)c1Oc1c(F)c(Oc2cccc(C(=O)N(C)C)c2)nc(Oc2cc(C(=N)N)ccc2O)c1F. The number of nitrogens with two attached hydrogens (primary N) is 1. The number of amides is 1. The number of carboxylic acids is 1. The van der Waals surface area contributed by atoms with E-state index in [-0.39, 0.29) is 45.9 Å². The van der Waals surface area contributed by atoms with Crippen LogP contribution in [0.4, 0.5) is 8.78 Å². The highest BCUT2D eigenvalue weighted by molar-refractivity contribution is 5.95. The van der Waals surface area contributed by atoms with Crippen molar-refractivity contribution in [2.24, 2.45) is 5.73 Å². The zero-order chi connectivity index (χ0) is 34.4. The molecule has 13 nitrogen and oxygen atoms in total. The quantitative estimate of drug-likeness (QED) is 0.0856. The van der Waals surface area contributed by atoms with Gasteiger partial charge in [-0.15, -0.1) is 0 Å². The van der Waals surface area contributed by atoms with Crippen LogP contribution in [0.15, 0.2) is 60.7 Å². The Kier molecular flexibility index (Phi) is 10.1. The first-order chi connectivity index (χ1) is 22.3. The van der Waals surface area contributed by atoms with Crippen LogP contribution in [0.25, 0.3) is 6.08 Å². The number of amidine groups is 1. The van der Waals surface area contributed by atoms with E-state index in [4.69, 9.17) is 39.9 Å². The van der Waals surface area contributed by atoms with Gasteiger partial charge in [-0.2, -0.15) is 13.8 Å². The molecular formula is C32H28F2N4O9. The van der Waals surface area contributed by atoms with Crippen LogP contribution < -0.4 is 29.4 Å². The second-order valence-corrected chi connectivity index (χ2v) is 9.74. The molecule has 244 valence electrons. The van der Waals surface area contributed by atoms with Gasteiger partial charge in [0.25, 0.3) is 17.7 Å². The second-order valence-electron chi connectivity index (χ2n) is 9.74. The van der Waals surface area contributed by atoms with Crippen molar-refractivity contribution in [1.82, 2.24) is 9.88 Å². The largest absolute Gasteiger partial charge is 0.504 e. The number of nitrogens with zero attached hydrogens (tertiary/aromatic N) is 2. The van der Waals surface area contributed by atoms with E-state index >= 15 is 8.78 Å². The summed E-state index contributed by atoms with van der Waals surface area (Å²) in [5.74, 6) is -9.25. The Morgan fingerprint density at radius 2 is 1.51 bits per heavy atom. The van der Waals surface area contributed by atoms with E-state index in [0.29, 0.717) is 5.56 Å². The van der Waals surface area contributed by atoms with Gasteiger partial charge in [0.05, 0.1) is 14.2 Å².